The fraction of sp³-hybridized carbons (Fsp3) is 0.348. The molecule has 3 aliphatic heterocycles. The summed E-state index contributed by atoms with van der Waals surface area (Å²) in [6, 6.07) is 9.45. The average Bonchev–Trinajstić information content (AvgIpc) is 3.32. The second kappa shape index (κ2) is 6.78. The second-order valence-corrected chi connectivity index (χ2v) is 8.60. The number of hydrogen-bond acceptors (Lipinski definition) is 8. The zero-order chi connectivity index (χ0) is 22.0. The maximum Gasteiger partial charge on any atom is 0.338 e. The minimum Gasteiger partial charge on any atom is -0.456 e. The standard InChI is InChI=1S/C23H20N2O7/c26-16-4-5-23-17-9-19-18(30-12-31-19)7-14(17)10-24(20(23)8-16)11-21(23)32-22(27)13-2-1-3-15(6-13)25(28)29/h1-7,9,16,20-21,26H,8,10-12H2/t16-,20+,21+,23+/m1/s1. The van der Waals surface area contributed by atoms with Crippen LogP contribution >= 0.6 is 0 Å². The average molecular weight is 436 g/mol. The van der Waals surface area contributed by atoms with Gasteiger partial charge in [0.2, 0.25) is 6.79 Å². The summed E-state index contributed by atoms with van der Waals surface area (Å²) < 4.78 is 17.2. The number of hydrogen-bond donors (Lipinski definition) is 1. The largest absolute Gasteiger partial charge is 0.456 e. The molecule has 1 saturated heterocycles. The van der Waals surface area contributed by atoms with Gasteiger partial charge in [-0.1, -0.05) is 18.2 Å². The van der Waals surface area contributed by atoms with Crippen LogP contribution in [-0.4, -0.2) is 52.5 Å². The van der Waals surface area contributed by atoms with Gasteiger partial charge in [0.15, 0.2) is 11.5 Å². The van der Waals surface area contributed by atoms with Crippen molar-refractivity contribution in [3.63, 3.8) is 0 Å². The Hall–Kier alpha value is -3.43. The van der Waals surface area contributed by atoms with E-state index in [9.17, 15) is 20.0 Å². The summed E-state index contributed by atoms with van der Waals surface area (Å²) >= 11 is 0. The summed E-state index contributed by atoms with van der Waals surface area (Å²) in [6.07, 6.45) is 3.14. The number of aliphatic hydroxyl groups is 1. The van der Waals surface area contributed by atoms with Crippen LogP contribution in [0.4, 0.5) is 5.69 Å². The minimum absolute atomic E-state index is 0.0433. The molecule has 2 bridgehead atoms. The van der Waals surface area contributed by atoms with Crippen LogP contribution < -0.4 is 9.47 Å². The third-order valence-corrected chi connectivity index (χ3v) is 6.96. The summed E-state index contributed by atoms with van der Waals surface area (Å²) in [5.74, 6) is 0.743. The Morgan fingerprint density at radius 2 is 2.06 bits per heavy atom. The molecule has 164 valence electrons. The van der Waals surface area contributed by atoms with Gasteiger partial charge in [0.05, 0.1) is 22.0 Å². The van der Waals surface area contributed by atoms with Crippen molar-refractivity contribution in [3.8, 4) is 11.5 Å². The van der Waals surface area contributed by atoms with E-state index in [0.29, 0.717) is 31.0 Å². The number of non-ortho nitro benzene ring substituents is 1. The van der Waals surface area contributed by atoms with Crippen molar-refractivity contribution in [1.29, 1.82) is 0 Å². The Balaban J connectivity index is 1.41. The van der Waals surface area contributed by atoms with Gasteiger partial charge in [-0.2, -0.15) is 0 Å². The Morgan fingerprint density at radius 3 is 2.88 bits per heavy atom. The van der Waals surface area contributed by atoms with Crippen LogP contribution in [0.3, 0.4) is 0 Å². The maximum atomic E-state index is 13.0. The first-order valence-corrected chi connectivity index (χ1v) is 10.5. The zero-order valence-electron chi connectivity index (χ0n) is 17.0. The molecule has 1 N–H and O–H groups in total. The molecular weight excluding hydrogens is 416 g/mol. The highest BCUT2D eigenvalue weighted by molar-refractivity contribution is 5.90. The lowest BCUT2D eigenvalue weighted by Crippen LogP contribution is -2.52. The molecule has 1 aliphatic carbocycles. The lowest BCUT2D eigenvalue weighted by Gasteiger charge is -2.46. The molecule has 4 aliphatic rings. The normalized spacial score (nSPS) is 31.0. The molecule has 0 aromatic heterocycles. The van der Waals surface area contributed by atoms with Crippen molar-refractivity contribution >= 4 is 11.7 Å². The van der Waals surface area contributed by atoms with E-state index in [2.05, 4.69) is 4.90 Å². The molecule has 0 spiro atoms. The van der Waals surface area contributed by atoms with Gasteiger partial charge in [0.1, 0.15) is 6.10 Å². The molecule has 5 atom stereocenters. The SMILES string of the molecule is O=C(O[C@H]1CN2Cc3cc4c(cc3[C@]13C=C[C@@H](O)C[C@H]23)OCO4)c1cccc([N+](=O)[O-])c1. The molecule has 2 aromatic rings. The highest BCUT2D eigenvalue weighted by Crippen LogP contribution is 2.54. The van der Waals surface area contributed by atoms with Crippen LogP contribution in [0.2, 0.25) is 0 Å². The highest BCUT2D eigenvalue weighted by atomic mass is 16.7. The number of ether oxygens (including phenoxy) is 3. The molecule has 0 amide bonds. The summed E-state index contributed by atoms with van der Waals surface area (Å²) in [6.45, 7) is 1.30. The number of nitro benzene ring substituents is 1. The van der Waals surface area contributed by atoms with Crippen molar-refractivity contribution in [2.45, 2.75) is 36.6 Å². The molecule has 2 aromatic carbocycles. The smallest absolute Gasteiger partial charge is 0.338 e. The predicted molar refractivity (Wildman–Crippen MR) is 111 cm³/mol. The van der Waals surface area contributed by atoms with Crippen LogP contribution in [0.1, 0.15) is 27.9 Å². The first kappa shape index (κ1) is 19.3. The lowest BCUT2D eigenvalue weighted by atomic mass is 9.65. The molecular formula is C23H20N2O7. The van der Waals surface area contributed by atoms with Crippen molar-refractivity contribution in [3.05, 3.63) is 75.4 Å². The lowest BCUT2D eigenvalue weighted by molar-refractivity contribution is -0.384. The van der Waals surface area contributed by atoms with E-state index < -0.39 is 28.5 Å². The van der Waals surface area contributed by atoms with E-state index >= 15 is 0 Å². The zero-order valence-corrected chi connectivity index (χ0v) is 17.0. The van der Waals surface area contributed by atoms with Crippen molar-refractivity contribution in [2.75, 3.05) is 13.3 Å². The number of esters is 1. The van der Waals surface area contributed by atoms with Gasteiger partial charge >= 0.3 is 5.97 Å². The second-order valence-electron chi connectivity index (χ2n) is 8.60. The first-order valence-electron chi connectivity index (χ1n) is 10.5. The number of aliphatic hydroxyl groups excluding tert-OH is 1. The van der Waals surface area contributed by atoms with E-state index in [1.807, 2.05) is 18.2 Å². The van der Waals surface area contributed by atoms with Crippen LogP contribution in [0, 0.1) is 10.1 Å². The summed E-state index contributed by atoms with van der Waals surface area (Å²) in [5, 5.41) is 21.4. The van der Waals surface area contributed by atoms with Gasteiger partial charge in [-0.15, -0.1) is 0 Å². The molecule has 9 heteroatoms. The number of rotatable bonds is 3. The predicted octanol–water partition coefficient (Wildman–Crippen LogP) is 2.31. The molecule has 32 heavy (non-hydrogen) atoms. The molecule has 0 radical (unpaired) electrons. The van der Waals surface area contributed by atoms with Gasteiger partial charge in [0, 0.05) is 31.3 Å². The summed E-state index contributed by atoms with van der Waals surface area (Å²) in [4.78, 5) is 25.8. The van der Waals surface area contributed by atoms with Gasteiger partial charge in [-0.25, -0.2) is 4.79 Å². The molecule has 0 saturated carbocycles. The Labute approximate surface area is 182 Å². The number of nitro groups is 1. The molecule has 1 unspecified atom stereocenters. The first-order chi connectivity index (χ1) is 15.5. The molecule has 1 fully saturated rings. The topological polar surface area (TPSA) is 111 Å². The van der Waals surface area contributed by atoms with Gasteiger partial charge < -0.3 is 19.3 Å². The van der Waals surface area contributed by atoms with Gasteiger partial charge in [0.25, 0.3) is 5.69 Å². The Morgan fingerprint density at radius 1 is 1.25 bits per heavy atom. The molecule has 3 heterocycles. The fourth-order valence-electron chi connectivity index (χ4n) is 5.58. The number of benzene rings is 2. The minimum atomic E-state index is -0.649. The van der Waals surface area contributed by atoms with E-state index in [1.165, 1.54) is 24.3 Å². The van der Waals surface area contributed by atoms with E-state index in [1.54, 1.807) is 6.08 Å². The monoisotopic (exact) mass is 436 g/mol. The molecule has 6 rings (SSSR count). The van der Waals surface area contributed by atoms with Crippen molar-refractivity contribution < 1.29 is 29.0 Å². The van der Waals surface area contributed by atoms with Gasteiger partial charge in [-0.3, -0.25) is 15.0 Å². The van der Waals surface area contributed by atoms with E-state index in [4.69, 9.17) is 14.2 Å². The quantitative estimate of drug-likeness (QED) is 0.338. The Bertz CT molecular complexity index is 1180. The van der Waals surface area contributed by atoms with Crippen molar-refractivity contribution in [1.82, 2.24) is 4.90 Å². The number of fused-ring (bicyclic) bond motifs is 2. The summed E-state index contributed by atoms with van der Waals surface area (Å²) in [7, 11) is 0. The highest BCUT2D eigenvalue weighted by Gasteiger charge is 2.60. The Kier molecular flexibility index (Phi) is 4.08. The third-order valence-electron chi connectivity index (χ3n) is 6.96. The van der Waals surface area contributed by atoms with Crippen LogP contribution in [0.25, 0.3) is 0 Å². The van der Waals surface area contributed by atoms with Crippen LogP contribution in [0.15, 0.2) is 48.6 Å². The maximum absolute atomic E-state index is 13.0. The third kappa shape index (κ3) is 2.68. The number of carbonyl (C=O) groups is 1. The van der Waals surface area contributed by atoms with E-state index in [0.717, 1.165) is 11.1 Å². The van der Waals surface area contributed by atoms with Crippen LogP contribution in [0.5, 0.6) is 11.5 Å². The molecule has 9 nitrogen and oxygen atoms in total. The number of carbonyl (C=O) groups excluding carboxylic acids is 1. The fourth-order valence-corrected chi connectivity index (χ4v) is 5.58. The van der Waals surface area contributed by atoms with E-state index in [-0.39, 0.29) is 24.1 Å². The van der Waals surface area contributed by atoms with Crippen molar-refractivity contribution in [2.24, 2.45) is 0 Å². The summed E-state index contributed by atoms with van der Waals surface area (Å²) in [5.41, 5.74) is 1.39. The van der Waals surface area contributed by atoms with Gasteiger partial charge in [-0.05, 0) is 35.7 Å². The number of nitrogens with zero attached hydrogens (tertiary/aromatic N) is 2. The van der Waals surface area contributed by atoms with Crippen LogP contribution in [-0.2, 0) is 16.7 Å².